The van der Waals surface area contributed by atoms with E-state index in [1.165, 1.54) is 5.56 Å². The topological polar surface area (TPSA) is 52.9 Å². The number of aliphatic hydroxyl groups excluding tert-OH is 1. The number of fused-ring (bicyclic) bond motifs is 1. The van der Waals surface area contributed by atoms with E-state index in [4.69, 9.17) is 4.74 Å². The highest BCUT2D eigenvalue weighted by Crippen LogP contribution is 2.58. The Balaban J connectivity index is 1.93. The molecule has 0 saturated carbocycles. The smallest absolute Gasteiger partial charge is 0.165 e. The van der Waals surface area contributed by atoms with Gasteiger partial charge in [-0.05, 0) is 50.9 Å². The fourth-order valence-corrected chi connectivity index (χ4v) is 4.82. The van der Waals surface area contributed by atoms with Crippen molar-refractivity contribution in [2.45, 2.75) is 49.3 Å². The largest absolute Gasteiger partial charge is 0.504 e. The third-order valence-corrected chi connectivity index (χ3v) is 5.87. The Hall–Kier alpha value is -1.52. The second-order valence-corrected chi connectivity index (χ2v) is 7.02. The van der Waals surface area contributed by atoms with Gasteiger partial charge in [0.2, 0.25) is 0 Å². The average Bonchev–Trinajstić information content (AvgIpc) is 2.79. The third-order valence-electron chi connectivity index (χ3n) is 5.87. The van der Waals surface area contributed by atoms with Crippen LogP contribution in [0.5, 0.6) is 11.5 Å². The van der Waals surface area contributed by atoms with Crippen molar-refractivity contribution in [1.82, 2.24) is 4.90 Å². The van der Waals surface area contributed by atoms with Crippen molar-refractivity contribution >= 4 is 0 Å². The predicted molar refractivity (Wildman–Crippen MR) is 84.4 cm³/mol. The molecule has 2 bridgehead atoms. The quantitative estimate of drug-likeness (QED) is 0.820. The van der Waals surface area contributed by atoms with E-state index in [0.717, 1.165) is 37.8 Å². The number of aromatic hydroxyl groups is 1. The predicted octanol–water partition coefficient (Wildman–Crippen LogP) is 1.98. The number of phenols is 1. The number of likely N-dealkylation sites (tertiary alicyclic amines) is 1. The molecule has 0 aromatic heterocycles. The van der Waals surface area contributed by atoms with Gasteiger partial charge >= 0.3 is 0 Å². The van der Waals surface area contributed by atoms with Gasteiger partial charge < -0.3 is 19.8 Å². The maximum atomic E-state index is 10.5. The summed E-state index contributed by atoms with van der Waals surface area (Å²) in [7, 11) is 2.19. The van der Waals surface area contributed by atoms with Gasteiger partial charge in [0.25, 0.3) is 0 Å². The lowest BCUT2D eigenvalue weighted by Gasteiger charge is -2.42. The number of rotatable bonds is 2. The second kappa shape index (κ2) is 4.74. The summed E-state index contributed by atoms with van der Waals surface area (Å²) in [6.45, 7) is 4.81. The molecule has 1 spiro atoms. The summed E-state index contributed by atoms with van der Waals surface area (Å²) in [5.74, 6) is 0.777. The first-order valence-corrected chi connectivity index (χ1v) is 8.09. The Morgan fingerprint density at radius 3 is 3.09 bits per heavy atom. The average molecular weight is 301 g/mol. The number of ether oxygens (including phenoxy) is 1. The lowest BCUT2D eigenvalue weighted by atomic mass is 9.63. The van der Waals surface area contributed by atoms with E-state index in [2.05, 4.69) is 18.5 Å². The molecule has 4 rings (SSSR count). The summed E-state index contributed by atoms with van der Waals surface area (Å²) in [4.78, 5) is 2.43. The van der Waals surface area contributed by atoms with Crippen molar-refractivity contribution in [3.8, 4) is 11.5 Å². The molecule has 0 amide bonds. The summed E-state index contributed by atoms with van der Waals surface area (Å²) in [5.41, 5.74) is 2.20. The number of phenolic OH excluding ortho intramolecular Hbond substituents is 1. The highest BCUT2D eigenvalue weighted by atomic mass is 16.5. The summed E-state index contributed by atoms with van der Waals surface area (Å²) >= 11 is 0. The van der Waals surface area contributed by atoms with E-state index in [1.807, 2.05) is 6.07 Å². The molecule has 3 aliphatic rings. The van der Waals surface area contributed by atoms with Gasteiger partial charge in [-0.3, -0.25) is 0 Å². The van der Waals surface area contributed by atoms with Crippen LogP contribution in [0.1, 0.15) is 30.4 Å². The lowest BCUT2D eigenvalue weighted by molar-refractivity contribution is 0.0191. The molecule has 1 aromatic rings. The molecule has 2 aliphatic heterocycles. The van der Waals surface area contributed by atoms with Gasteiger partial charge in [-0.1, -0.05) is 12.1 Å². The fraction of sp³-hybridized carbons (Fsp3) is 0.556. The Kier molecular flexibility index (Phi) is 3.03. The number of hydrogen-bond acceptors (Lipinski definition) is 4. The molecule has 4 atom stereocenters. The first-order chi connectivity index (χ1) is 10.6. The fourth-order valence-electron chi connectivity index (χ4n) is 4.82. The van der Waals surface area contributed by atoms with Gasteiger partial charge in [0, 0.05) is 17.0 Å². The van der Waals surface area contributed by atoms with Crippen LogP contribution in [0.2, 0.25) is 0 Å². The van der Waals surface area contributed by atoms with Gasteiger partial charge in [-0.25, -0.2) is 0 Å². The van der Waals surface area contributed by atoms with Crippen molar-refractivity contribution in [2.24, 2.45) is 0 Å². The molecular formula is C18H23NO3. The second-order valence-electron chi connectivity index (χ2n) is 7.02. The summed E-state index contributed by atoms with van der Waals surface area (Å²) in [6.07, 6.45) is 4.50. The van der Waals surface area contributed by atoms with E-state index < -0.39 is 6.10 Å². The van der Waals surface area contributed by atoms with Gasteiger partial charge in [0.15, 0.2) is 11.5 Å². The molecule has 1 aliphatic carbocycles. The molecule has 2 N–H and O–H groups in total. The number of nitrogens with zero attached hydrogens (tertiary/aromatic N) is 1. The molecule has 4 heteroatoms. The lowest BCUT2D eigenvalue weighted by Crippen LogP contribution is -2.50. The van der Waals surface area contributed by atoms with Crippen LogP contribution in [0.25, 0.3) is 0 Å². The minimum absolute atomic E-state index is 0.188. The molecule has 22 heavy (non-hydrogen) atoms. The van der Waals surface area contributed by atoms with Crippen molar-refractivity contribution in [2.75, 3.05) is 13.6 Å². The van der Waals surface area contributed by atoms with Crippen molar-refractivity contribution < 1.29 is 14.9 Å². The van der Waals surface area contributed by atoms with Crippen LogP contribution in [0.15, 0.2) is 24.8 Å². The first kappa shape index (κ1) is 14.1. The molecule has 1 aromatic carbocycles. The maximum Gasteiger partial charge on any atom is 0.165 e. The zero-order chi connectivity index (χ0) is 15.5. The third kappa shape index (κ3) is 1.71. The molecule has 1 fully saturated rings. The Morgan fingerprint density at radius 1 is 1.50 bits per heavy atom. The van der Waals surface area contributed by atoms with Crippen LogP contribution in [0.4, 0.5) is 0 Å². The van der Waals surface area contributed by atoms with E-state index in [0.29, 0.717) is 11.8 Å². The molecule has 0 unspecified atom stereocenters. The van der Waals surface area contributed by atoms with E-state index >= 15 is 0 Å². The number of likely N-dealkylation sites (N-methyl/N-ethyl adjacent to an activating group) is 1. The van der Waals surface area contributed by atoms with Crippen LogP contribution in [0.3, 0.4) is 0 Å². The SMILES string of the molecule is C=C[C@H](O)[C@@H]1Oc2c(O)ccc3c2[C@@]12CCCN(C)[C@H](C3)C2. The minimum atomic E-state index is -0.721. The van der Waals surface area contributed by atoms with Gasteiger partial charge in [-0.2, -0.15) is 0 Å². The van der Waals surface area contributed by atoms with Crippen LogP contribution in [0, 0.1) is 0 Å². The molecule has 0 radical (unpaired) electrons. The molecule has 1 saturated heterocycles. The Morgan fingerprint density at radius 2 is 2.32 bits per heavy atom. The van der Waals surface area contributed by atoms with E-state index in [-0.39, 0.29) is 17.3 Å². The van der Waals surface area contributed by atoms with Crippen molar-refractivity contribution in [3.63, 3.8) is 0 Å². The number of aliphatic hydroxyl groups is 1. The van der Waals surface area contributed by atoms with E-state index in [1.54, 1.807) is 12.1 Å². The zero-order valence-electron chi connectivity index (χ0n) is 13.0. The zero-order valence-corrected chi connectivity index (χ0v) is 13.0. The standard InChI is InChI=1S/C18H23NO3/c1-3-13(20)17-18-7-4-8-19(2)12(10-18)9-11-5-6-14(21)16(22-17)15(11)18/h3,5-6,12-13,17,20-21H,1,4,7-10H2,2H3/t12-,13+,17+,18+/m1/s1. The van der Waals surface area contributed by atoms with Crippen LogP contribution < -0.4 is 4.74 Å². The van der Waals surface area contributed by atoms with Crippen molar-refractivity contribution in [3.05, 3.63) is 35.9 Å². The molecular weight excluding hydrogens is 278 g/mol. The highest BCUT2D eigenvalue weighted by Gasteiger charge is 2.57. The molecule has 4 nitrogen and oxygen atoms in total. The van der Waals surface area contributed by atoms with Gasteiger partial charge in [-0.15, -0.1) is 6.58 Å². The number of hydrogen-bond donors (Lipinski definition) is 2. The van der Waals surface area contributed by atoms with Gasteiger partial charge in [0.1, 0.15) is 12.2 Å². The minimum Gasteiger partial charge on any atom is -0.504 e. The maximum absolute atomic E-state index is 10.5. The number of benzene rings is 1. The van der Waals surface area contributed by atoms with E-state index in [9.17, 15) is 10.2 Å². The van der Waals surface area contributed by atoms with Gasteiger partial charge in [0.05, 0.1) is 0 Å². The molecule has 2 heterocycles. The Labute approximate surface area is 131 Å². The van der Waals surface area contributed by atoms with Crippen LogP contribution in [-0.4, -0.2) is 47.0 Å². The van der Waals surface area contributed by atoms with Crippen molar-refractivity contribution in [1.29, 1.82) is 0 Å². The molecule has 118 valence electrons. The van der Waals surface area contributed by atoms with Crippen LogP contribution in [-0.2, 0) is 11.8 Å². The normalized spacial score (nSPS) is 34.5. The highest BCUT2D eigenvalue weighted by molar-refractivity contribution is 5.59. The monoisotopic (exact) mass is 301 g/mol. The summed E-state index contributed by atoms with van der Waals surface area (Å²) < 4.78 is 6.09. The van der Waals surface area contributed by atoms with Crippen LogP contribution >= 0.6 is 0 Å². The summed E-state index contributed by atoms with van der Waals surface area (Å²) in [6, 6.07) is 4.22. The first-order valence-electron chi connectivity index (χ1n) is 8.09. The summed E-state index contributed by atoms with van der Waals surface area (Å²) in [5, 5.41) is 20.7. The Bertz CT molecular complexity index is 629.